The Hall–Kier alpha value is -3.09. The molecule has 1 saturated heterocycles. The van der Waals surface area contributed by atoms with Crippen LogP contribution >= 0.6 is 0 Å². The Morgan fingerprint density at radius 1 is 1.15 bits per heavy atom. The Labute approximate surface area is 150 Å². The second-order valence-electron chi connectivity index (χ2n) is 6.32. The maximum absolute atomic E-state index is 12.1. The summed E-state index contributed by atoms with van der Waals surface area (Å²) in [5, 5.41) is 11.5. The zero-order chi connectivity index (χ0) is 18.5. The first-order valence-electron chi connectivity index (χ1n) is 8.46. The summed E-state index contributed by atoms with van der Waals surface area (Å²) in [6.07, 6.45) is 1.20. The van der Waals surface area contributed by atoms with Gasteiger partial charge >= 0.3 is 5.97 Å². The van der Waals surface area contributed by atoms with Crippen molar-refractivity contribution in [1.82, 2.24) is 10.2 Å². The summed E-state index contributed by atoms with van der Waals surface area (Å²) in [6.45, 7) is 1.60. The molecule has 1 aliphatic rings. The lowest BCUT2D eigenvalue weighted by Gasteiger charge is -2.16. The number of hydrogen-bond donors (Lipinski definition) is 2. The highest BCUT2D eigenvalue weighted by Crippen LogP contribution is 2.18. The second-order valence-corrected chi connectivity index (χ2v) is 6.32. The molecular formula is C19H20N2O5. The molecule has 3 rings (SSSR count). The van der Waals surface area contributed by atoms with Gasteiger partial charge in [0, 0.05) is 32.0 Å². The predicted octanol–water partition coefficient (Wildman–Crippen LogP) is 1.80. The lowest BCUT2D eigenvalue weighted by Crippen LogP contribution is -2.31. The van der Waals surface area contributed by atoms with Crippen molar-refractivity contribution in [1.29, 1.82) is 0 Å². The summed E-state index contributed by atoms with van der Waals surface area (Å²) in [4.78, 5) is 36.7. The number of carboxylic acids is 1. The van der Waals surface area contributed by atoms with Gasteiger partial charge < -0.3 is 19.7 Å². The summed E-state index contributed by atoms with van der Waals surface area (Å²) < 4.78 is 4.96. The molecule has 2 amide bonds. The Kier molecular flexibility index (Phi) is 5.36. The first-order valence-corrected chi connectivity index (χ1v) is 8.46. The van der Waals surface area contributed by atoms with Crippen molar-refractivity contribution >= 4 is 17.8 Å². The molecule has 1 unspecified atom stereocenters. The molecule has 0 saturated carbocycles. The molecule has 7 heteroatoms. The zero-order valence-corrected chi connectivity index (χ0v) is 14.2. The van der Waals surface area contributed by atoms with Crippen molar-refractivity contribution in [2.75, 3.05) is 19.6 Å². The van der Waals surface area contributed by atoms with Gasteiger partial charge in [-0.05, 0) is 24.1 Å². The van der Waals surface area contributed by atoms with Gasteiger partial charge in [-0.2, -0.15) is 0 Å². The molecule has 0 spiro atoms. The highest BCUT2D eigenvalue weighted by atomic mass is 16.4. The second kappa shape index (κ2) is 7.86. The summed E-state index contributed by atoms with van der Waals surface area (Å²) in [7, 11) is 0. The lowest BCUT2D eigenvalue weighted by atomic mass is 10.1. The van der Waals surface area contributed by atoms with E-state index in [4.69, 9.17) is 9.52 Å². The molecule has 1 atom stereocenters. The average Bonchev–Trinajstić information content (AvgIpc) is 3.26. The van der Waals surface area contributed by atoms with E-state index in [1.165, 1.54) is 17.7 Å². The molecule has 26 heavy (non-hydrogen) atoms. The van der Waals surface area contributed by atoms with Gasteiger partial charge in [0.25, 0.3) is 5.91 Å². The third kappa shape index (κ3) is 4.30. The summed E-state index contributed by atoms with van der Waals surface area (Å²) in [6, 6.07) is 12.5. The van der Waals surface area contributed by atoms with Crippen LogP contribution in [0.5, 0.6) is 0 Å². The van der Waals surface area contributed by atoms with E-state index in [1.54, 1.807) is 0 Å². The van der Waals surface area contributed by atoms with Gasteiger partial charge in [0.1, 0.15) is 0 Å². The predicted molar refractivity (Wildman–Crippen MR) is 92.8 cm³/mol. The van der Waals surface area contributed by atoms with E-state index in [1.807, 2.05) is 35.2 Å². The zero-order valence-electron chi connectivity index (χ0n) is 14.2. The van der Waals surface area contributed by atoms with Crippen LogP contribution in [0, 0.1) is 5.92 Å². The van der Waals surface area contributed by atoms with Crippen molar-refractivity contribution in [2.45, 2.75) is 12.8 Å². The maximum Gasteiger partial charge on any atom is 0.371 e. The third-order valence-electron chi connectivity index (χ3n) is 4.40. The summed E-state index contributed by atoms with van der Waals surface area (Å²) >= 11 is 0. The Morgan fingerprint density at radius 3 is 2.58 bits per heavy atom. The number of carbonyl (C=O) groups is 3. The van der Waals surface area contributed by atoms with Crippen LogP contribution in [0.3, 0.4) is 0 Å². The number of likely N-dealkylation sites (tertiary alicyclic amines) is 1. The number of carbonyl (C=O) groups excluding carboxylic acids is 2. The van der Waals surface area contributed by atoms with Crippen molar-refractivity contribution in [3.8, 4) is 0 Å². The molecule has 2 heterocycles. The van der Waals surface area contributed by atoms with E-state index in [9.17, 15) is 14.4 Å². The molecule has 1 aromatic heterocycles. The SMILES string of the molecule is O=C(O)c1ccc(C(=O)NCC2CC(=O)N(CCc3ccccc3)C2)o1. The van der Waals surface area contributed by atoms with Crippen LogP contribution < -0.4 is 5.32 Å². The number of carboxylic acid groups (broad SMARTS) is 1. The largest absolute Gasteiger partial charge is 0.475 e. The van der Waals surface area contributed by atoms with Crippen molar-refractivity contribution in [2.24, 2.45) is 5.92 Å². The minimum atomic E-state index is -1.22. The number of benzene rings is 1. The normalized spacial score (nSPS) is 16.7. The fraction of sp³-hybridized carbons (Fsp3) is 0.316. The van der Waals surface area contributed by atoms with Crippen LogP contribution in [0.4, 0.5) is 0 Å². The van der Waals surface area contributed by atoms with Gasteiger partial charge in [-0.3, -0.25) is 9.59 Å². The van der Waals surface area contributed by atoms with Gasteiger partial charge in [0.2, 0.25) is 11.7 Å². The quantitative estimate of drug-likeness (QED) is 0.788. The Balaban J connectivity index is 1.46. The van der Waals surface area contributed by atoms with E-state index in [0.29, 0.717) is 26.1 Å². The van der Waals surface area contributed by atoms with Crippen LogP contribution in [0.1, 0.15) is 33.1 Å². The van der Waals surface area contributed by atoms with Crippen LogP contribution in [0.25, 0.3) is 0 Å². The highest BCUT2D eigenvalue weighted by molar-refractivity contribution is 5.93. The molecule has 1 aromatic carbocycles. The molecule has 0 aliphatic carbocycles. The Morgan fingerprint density at radius 2 is 1.88 bits per heavy atom. The fourth-order valence-electron chi connectivity index (χ4n) is 3.01. The average molecular weight is 356 g/mol. The molecule has 2 N–H and O–H groups in total. The van der Waals surface area contributed by atoms with Crippen molar-refractivity contribution < 1.29 is 23.9 Å². The number of hydrogen-bond acceptors (Lipinski definition) is 4. The van der Waals surface area contributed by atoms with Gasteiger partial charge in [0.05, 0.1) is 0 Å². The molecular weight excluding hydrogens is 336 g/mol. The smallest absolute Gasteiger partial charge is 0.371 e. The van der Waals surface area contributed by atoms with E-state index >= 15 is 0 Å². The van der Waals surface area contributed by atoms with Gasteiger partial charge in [-0.25, -0.2) is 4.79 Å². The third-order valence-corrected chi connectivity index (χ3v) is 4.40. The number of nitrogens with one attached hydrogen (secondary N) is 1. The van der Waals surface area contributed by atoms with Gasteiger partial charge in [0.15, 0.2) is 5.76 Å². The number of furan rings is 1. The standard InChI is InChI=1S/C19H20N2O5/c22-17-10-14(12-21(17)9-8-13-4-2-1-3-5-13)11-20-18(23)15-6-7-16(26-15)19(24)25/h1-7,14H,8-12H2,(H,20,23)(H,24,25). The van der Waals surface area contributed by atoms with Crippen molar-refractivity contribution in [3.05, 3.63) is 59.5 Å². The van der Waals surface area contributed by atoms with Gasteiger partial charge in [-0.15, -0.1) is 0 Å². The number of rotatable bonds is 7. The molecule has 136 valence electrons. The number of aromatic carboxylic acids is 1. The minimum absolute atomic E-state index is 0.0381. The van der Waals surface area contributed by atoms with E-state index in [0.717, 1.165) is 6.42 Å². The minimum Gasteiger partial charge on any atom is -0.475 e. The van der Waals surface area contributed by atoms with Crippen molar-refractivity contribution in [3.63, 3.8) is 0 Å². The van der Waals surface area contributed by atoms with Gasteiger partial charge in [-0.1, -0.05) is 30.3 Å². The monoisotopic (exact) mass is 356 g/mol. The van der Waals surface area contributed by atoms with Crippen LogP contribution in [-0.4, -0.2) is 47.4 Å². The highest BCUT2D eigenvalue weighted by Gasteiger charge is 2.29. The first kappa shape index (κ1) is 17.7. The summed E-state index contributed by atoms with van der Waals surface area (Å²) in [5.41, 5.74) is 1.18. The summed E-state index contributed by atoms with van der Waals surface area (Å²) in [5.74, 6) is -1.90. The van der Waals surface area contributed by atoms with E-state index in [-0.39, 0.29) is 23.3 Å². The molecule has 0 radical (unpaired) electrons. The number of amides is 2. The van der Waals surface area contributed by atoms with Crippen LogP contribution in [-0.2, 0) is 11.2 Å². The molecule has 0 bridgehead atoms. The number of nitrogens with zero attached hydrogens (tertiary/aromatic N) is 1. The fourth-order valence-corrected chi connectivity index (χ4v) is 3.01. The Bertz CT molecular complexity index is 799. The molecule has 7 nitrogen and oxygen atoms in total. The lowest BCUT2D eigenvalue weighted by molar-refractivity contribution is -0.127. The maximum atomic E-state index is 12.1. The topological polar surface area (TPSA) is 99.8 Å². The molecule has 2 aromatic rings. The van der Waals surface area contributed by atoms with Crippen LogP contribution in [0.2, 0.25) is 0 Å². The van der Waals surface area contributed by atoms with E-state index < -0.39 is 11.9 Å². The molecule has 1 aliphatic heterocycles. The van der Waals surface area contributed by atoms with Crippen LogP contribution in [0.15, 0.2) is 46.9 Å². The van der Waals surface area contributed by atoms with E-state index in [2.05, 4.69) is 5.32 Å². The molecule has 1 fully saturated rings. The first-order chi connectivity index (χ1) is 12.5.